The quantitative estimate of drug-likeness (QED) is 0.886. The normalized spacial score (nSPS) is 19.2. The highest BCUT2D eigenvalue weighted by Gasteiger charge is 2.35. The molecule has 0 aromatic carbocycles. The van der Waals surface area contributed by atoms with Gasteiger partial charge in [-0.2, -0.15) is 0 Å². The zero-order chi connectivity index (χ0) is 13.9. The van der Waals surface area contributed by atoms with Gasteiger partial charge in [0.2, 0.25) is 0 Å². The number of morpholine rings is 1. The Bertz CT molecular complexity index is 417. The third-order valence-electron chi connectivity index (χ3n) is 3.92. The minimum atomic E-state index is -0.141. The molecule has 2 rings (SSSR count). The minimum Gasteiger partial charge on any atom is -0.495 e. The summed E-state index contributed by atoms with van der Waals surface area (Å²) in [5.74, 6) is 0.741. The largest absolute Gasteiger partial charge is 0.495 e. The van der Waals surface area contributed by atoms with Gasteiger partial charge in [0.25, 0.3) is 0 Å². The van der Waals surface area contributed by atoms with Crippen LogP contribution in [-0.2, 0) is 4.74 Å². The van der Waals surface area contributed by atoms with E-state index in [1.54, 1.807) is 13.3 Å². The molecule has 5 nitrogen and oxygen atoms in total. The summed E-state index contributed by atoms with van der Waals surface area (Å²) >= 11 is 0. The van der Waals surface area contributed by atoms with Gasteiger partial charge in [-0.15, -0.1) is 0 Å². The number of hydrogen-bond acceptors (Lipinski definition) is 5. The van der Waals surface area contributed by atoms with E-state index >= 15 is 0 Å². The number of aromatic nitrogens is 1. The number of nitrogens with zero attached hydrogens (tertiary/aromatic N) is 2. The van der Waals surface area contributed by atoms with Crippen LogP contribution in [0.4, 0.5) is 0 Å². The molecule has 2 N–H and O–H groups in total. The van der Waals surface area contributed by atoms with E-state index < -0.39 is 0 Å². The van der Waals surface area contributed by atoms with Crippen LogP contribution in [0.25, 0.3) is 0 Å². The number of methoxy groups -OCH3 is 1. The van der Waals surface area contributed by atoms with Crippen molar-refractivity contribution in [1.29, 1.82) is 0 Å². The van der Waals surface area contributed by atoms with E-state index in [1.165, 1.54) is 0 Å². The lowest BCUT2D eigenvalue weighted by Gasteiger charge is -2.44. The van der Waals surface area contributed by atoms with Gasteiger partial charge in [-0.25, -0.2) is 0 Å². The first-order valence-corrected chi connectivity index (χ1v) is 6.63. The van der Waals surface area contributed by atoms with Crippen LogP contribution in [0.2, 0.25) is 0 Å². The average molecular weight is 265 g/mol. The molecule has 0 saturated carbocycles. The van der Waals surface area contributed by atoms with Crippen LogP contribution in [0.5, 0.6) is 5.75 Å². The van der Waals surface area contributed by atoms with Crippen molar-refractivity contribution in [2.75, 3.05) is 33.4 Å². The number of ether oxygens (including phenoxy) is 2. The fourth-order valence-electron chi connectivity index (χ4n) is 2.46. The first kappa shape index (κ1) is 14.2. The Morgan fingerprint density at radius 2 is 2.05 bits per heavy atom. The third kappa shape index (κ3) is 3.05. The monoisotopic (exact) mass is 265 g/mol. The summed E-state index contributed by atoms with van der Waals surface area (Å²) < 4.78 is 10.6. The Morgan fingerprint density at radius 1 is 1.37 bits per heavy atom. The SMILES string of the molecule is COc1cncc(C(N)C(C)(C)N2CCOCC2)c1. The van der Waals surface area contributed by atoms with Crippen LogP contribution in [-0.4, -0.2) is 48.8 Å². The van der Waals surface area contributed by atoms with Crippen molar-refractivity contribution in [3.05, 3.63) is 24.0 Å². The van der Waals surface area contributed by atoms with E-state index in [1.807, 2.05) is 12.3 Å². The second kappa shape index (κ2) is 5.86. The van der Waals surface area contributed by atoms with Crippen LogP contribution in [0, 0.1) is 0 Å². The van der Waals surface area contributed by atoms with Crippen LogP contribution in [0.3, 0.4) is 0 Å². The molecule has 1 aromatic heterocycles. The molecule has 1 atom stereocenters. The van der Waals surface area contributed by atoms with E-state index in [9.17, 15) is 0 Å². The molecule has 0 aliphatic carbocycles. The highest BCUT2D eigenvalue weighted by Crippen LogP contribution is 2.30. The minimum absolute atomic E-state index is 0.117. The summed E-state index contributed by atoms with van der Waals surface area (Å²) in [7, 11) is 1.64. The molecule has 1 saturated heterocycles. The molecular formula is C14H23N3O2. The van der Waals surface area contributed by atoms with Gasteiger partial charge in [-0.05, 0) is 25.5 Å². The Hall–Kier alpha value is -1.17. The molecule has 1 aromatic rings. The third-order valence-corrected chi connectivity index (χ3v) is 3.92. The van der Waals surface area contributed by atoms with Crippen LogP contribution in [0.1, 0.15) is 25.5 Å². The van der Waals surface area contributed by atoms with Gasteiger partial charge in [0.15, 0.2) is 0 Å². The van der Waals surface area contributed by atoms with Gasteiger partial charge in [-0.3, -0.25) is 9.88 Å². The Morgan fingerprint density at radius 3 is 2.68 bits per heavy atom. The molecule has 0 spiro atoms. The molecule has 19 heavy (non-hydrogen) atoms. The predicted molar refractivity (Wildman–Crippen MR) is 74.2 cm³/mol. The summed E-state index contributed by atoms with van der Waals surface area (Å²) in [6.45, 7) is 7.71. The molecule has 2 heterocycles. The van der Waals surface area contributed by atoms with Crippen molar-refractivity contribution in [2.24, 2.45) is 5.73 Å². The van der Waals surface area contributed by atoms with E-state index in [2.05, 4.69) is 23.7 Å². The van der Waals surface area contributed by atoms with Crippen molar-refractivity contribution in [2.45, 2.75) is 25.4 Å². The van der Waals surface area contributed by atoms with E-state index in [4.69, 9.17) is 15.2 Å². The number of rotatable bonds is 4. The van der Waals surface area contributed by atoms with Crippen molar-refractivity contribution in [3.63, 3.8) is 0 Å². The van der Waals surface area contributed by atoms with Gasteiger partial charge in [0.1, 0.15) is 5.75 Å². The molecule has 0 radical (unpaired) electrons. The first-order valence-electron chi connectivity index (χ1n) is 6.63. The topological polar surface area (TPSA) is 60.6 Å². The second-order valence-electron chi connectivity index (χ2n) is 5.39. The molecule has 1 aliphatic heterocycles. The maximum atomic E-state index is 6.45. The van der Waals surface area contributed by atoms with Crippen LogP contribution < -0.4 is 10.5 Å². The Kier molecular flexibility index (Phi) is 4.39. The molecule has 5 heteroatoms. The van der Waals surface area contributed by atoms with Gasteiger partial charge in [0.05, 0.1) is 26.5 Å². The fourth-order valence-corrected chi connectivity index (χ4v) is 2.46. The molecule has 1 unspecified atom stereocenters. The van der Waals surface area contributed by atoms with E-state index in [-0.39, 0.29) is 11.6 Å². The maximum Gasteiger partial charge on any atom is 0.137 e. The number of nitrogens with two attached hydrogens (primary N) is 1. The molecule has 1 fully saturated rings. The predicted octanol–water partition coefficient (Wildman–Crippen LogP) is 1.20. The van der Waals surface area contributed by atoms with Crippen molar-refractivity contribution >= 4 is 0 Å². The van der Waals surface area contributed by atoms with E-state index in [0.29, 0.717) is 0 Å². The number of hydrogen-bond donors (Lipinski definition) is 1. The summed E-state index contributed by atoms with van der Waals surface area (Å²) in [5, 5.41) is 0. The molecule has 106 valence electrons. The Balaban J connectivity index is 2.18. The highest BCUT2D eigenvalue weighted by atomic mass is 16.5. The smallest absolute Gasteiger partial charge is 0.137 e. The number of pyridine rings is 1. The van der Waals surface area contributed by atoms with Crippen molar-refractivity contribution in [3.8, 4) is 5.75 Å². The maximum absolute atomic E-state index is 6.45. The van der Waals surface area contributed by atoms with Crippen LogP contribution >= 0.6 is 0 Å². The van der Waals surface area contributed by atoms with Gasteiger partial charge < -0.3 is 15.2 Å². The first-order chi connectivity index (χ1) is 9.05. The molecule has 0 bridgehead atoms. The zero-order valence-corrected chi connectivity index (χ0v) is 11.9. The Labute approximate surface area is 114 Å². The van der Waals surface area contributed by atoms with Crippen LogP contribution in [0.15, 0.2) is 18.5 Å². The van der Waals surface area contributed by atoms with E-state index in [0.717, 1.165) is 37.6 Å². The summed E-state index contributed by atoms with van der Waals surface area (Å²) in [5.41, 5.74) is 7.30. The average Bonchev–Trinajstić information content (AvgIpc) is 2.47. The van der Waals surface area contributed by atoms with Crippen molar-refractivity contribution in [1.82, 2.24) is 9.88 Å². The lowest BCUT2D eigenvalue weighted by Crippen LogP contribution is -2.55. The molecule has 0 amide bonds. The van der Waals surface area contributed by atoms with Gasteiger partial charge >= 0.3 is 0 Å². The lowest BCUT2D eigenvalue weighted by atomic mass is 9.88. The summed E-state index contributed by atoms with van der Waals surface area (Å²) in [4.78, 5) is 6.56. The van der Waals surface area contributed by atoms with Crippen molar-refractivity contribution < 1.29 is 9.47 Å². The second-order valence-corrected chi connectivity index (χ2v) is 5.39. The standard InChI is InChI=1S/C14H23N3O2/c1-14(2,17-4-6-19-7-5-17)13(15)11-8-12(18-3)10-16-9-11/h8-10,13H,4-7,15H2,1-3H3. The van der Waals surface area contributed by atoms with Gasteiger partial charge in [-0.1, -0.05) is 0 Å². The summed E-state index contributed by atoms with van der Waals surface area (Å²) in [6, 6.07) is 1.84. The molecule has 1 aliphatic rings. The fraction of sp³-hybridized carbons (Fsp3) is 0.643. The highest BCUT2D eigenvalue weighted by molar-refractivity contribution is 5.27. The van der Waals surface area contributed by atoms with Gasteiger partial charge in [0, 0.05) is 30.9 Å². The lowest BCUT2D eigenvalue weighted by molar-refractivity contribution is -0.0191. The molecular weight excluding hydrogens is 242 g/mol. The summed E-state index contributed by atoms with van der Waals surface area (Å²) in [6.07, 6.45) is 3.51. The zero-order valence-electron chi connectivity index (χ0n) is 11.9.